The SMILES string of the molecule is CCC(=O)[C@@H](C)Cc1cscn1. The molecule has 0 aliphatic heterocycles. The molecule has 0 spiro atoms. The topological polar surface area (TPSA) is 30.0 Å². The molecule has 0 saturated carbocycles. The summed E-state index contributed by atoms with van der Waals surface area (Å²) < 4.78 is 0. The molecule has 0 aromatic carbocycles. The summed E-state index contributed by atoms with van der Waals surface area (Å²) >= 11 is 1.58. The molecular weight excluding hydrogens is 170 g/mol. The summed E-state index contributed by atoms with van der Waals surface area (Å²) in [5.74, 6) is 0.445. The van der Waals surface area contributed by atoms with E-state index in [1.807, 2.05) is 19.2 Å². The van der Waals surface area contributed by atoms with Crippen molar-refractivity contribution in [2.45, 2.75) is 26.7 Å². The van der Waals surface area contributed by atoms with Crippen molar-refractivity contribution in [3.8, 4) is 0 Å². The Balaban J connectivity index is 2.47. The number of rotatable bonds is 4. The van der Waals surface area contributed by atoms with Crippen molar-refractivity contribution in [3.05, 3.63) is 16.6 Å². The third-order valence-electron chi connectivity index (χ3n) is 1.90. The maximum absolute atomic E-state index is 11.2. The van der Waals surface area contributed by atoms with Crippen LogP contribution in [0, 0.1) is 5.92 Å². The van der Waals surface area contributed by atoms with E-state index in [1.54, 1.807) is 16.8 Å². The van der Waals surface area contributed by atoms with Crippen molar-refractivity contribution >= 4 is 17.1 Å². The number of carbonyl (C=O) groups excluding carboxylic acids is 1. The number of carbonyl (C=O) groups is 1. The molecule has 0 radical (unpaired) electrons. The second-order valence-corrected chi connectivity index (χ2v) is 3.62. The highest BCUT2D eigenvalue weighted by atomic mass is 32.1. The van der Waals surface area contributed by atoms with Gasteiger partial charge in [0.1, 0.15) is 5.78 Å². The lowest BCUT2D eigenvalue weighted by molar-refractivity contribution is -0.122. The third-order valence-corrected chi connectivity index (χ3v) is 2.53. The first kappa shape index (κ1) is 9.39. The van der Waals surface area contributed by atoms with Crippen molar-refractivity contribution in [1.82, 2.24) is 4.98 Å². The van der Waals surface area contributed by atoms with Gasteiger partial charge >= 0.3 is 0 Å². The lowest BCUT2D eigenvalue weighted by atomic mass is 9.99. The number of thiazole rings is 1. The smallest absolute Gasteiger partial charge is 0.135 e. The first-order valence-electron chi connectivity index (χ1n) is 4.13. The molecule has 1 atom stereocenters. The van der Waals surface area contributed by atoms with Crippen molar-refractivity contribution < 1.29 is 4.79 Å². The largest absolute Gasteiger partial charge is 0.299 e. The molecule has 1 aromatic heterocycles. The normalized spacial score (nSPS) is 12.8. The highest BCUT2D eigenvalue weighted by Gasteiger charge is 2.11. The minimum atomic E-state index is 0.122. The molecular formula is C9H13NOS. The van der Waals surface area contributed by atoms with Gasteiger partial charge in [-0.1, -0.05) is 13.8 Å². The van der Waals surface area contributed by atoms with Crippen LogP contribution in [0.3, 0.4) is 0 Å². The molecule has 0 saturated heterocycles. The van der Waals surface area contributed by atoms with Gasteiger partial charge in [0.05, 0.1) is 11.2 Å². The summed E-state index contributed by atoms with van der Waals surface area (Å²) in [6, 6.07) is 0. The summed E-state index contributed by atoms with van der Waals surface area (Å²) in [7, 11) is 0. The van der Waals surface area contributed by atoms with Gasteiger partial charge in [-0.2, -0.15) is 0 Å². The average molecular weight is 183 g/mol. The molecule has 12 heavy (non-hydrogen) atoms. The van der Waals surface area contributed by atoms with Crippen LogP contribution in [0.15, 0.2) is 10.9 Å². The molecule has 0 aliphatic rings. The number of Topliss-reactive ketones (excluding diaryl/α,β-unsaturated/α-hetero) is 1. The van der Waals surface area contributed by atoms with E-state index in [-0.39, 0.29) is 5.92 Å². The van der Waals surface area contributed by atoms with E-state index < -0.39 is 0 Å². The molecule has 0 bridgehead atoms. The first-order chi connectivity index (χ1) is 5.74. The number of ketones is 1. The van der Waals surface area contributed by atoms with Gasteiger partial charge in [0.25, 0.3) is 0 Å². The second kappa shape index (κ2) is 4.36. The molecule has 66 valence electrons. The molecule has 1 heterocycles. The van der Waals surface area contributed by atoms with E-state index in [0.29, 0.717) is 12.2 Å². The summed E-state index contributed by atoms with van der Waals surface area (Å²) in [4.78, 5) is 15.4. The Hall–Kier alpha value is -0.700. The fraction of sp³-hybridized carbons (Fsp3) is 0.556. The van der Waals surface area contributed by atoms with Crippen molar-refractivity contribution in [3.63, 3.8) is 0 Å². The quantitative estimate of drug-likeness (QED) is 0.717. The monoisotopic (exact) mass is 183 g/mol. The van der Waals surface area contributed by atoms with Gasteiger partial charge in [-0.3, -0.25) is 4.79 Å². The van der Waals surface area contributed by atoms with Gasteiger partial charge < -0.3 is 0 Å². The molecule has 0 fully saturated rings. The Kier molecular flexibility index (Phi) is 3.41. The molecule has 2 nitrogen and oxygen atoms in total. The zero-order valence-corrected chi connectivity index (χ0v) is 8.23. The second-order valence-electron chi connectivity index (χ2n) is 2.90. The Morgan fingerprint density at radius 1 is 1.75 bits per heavy atom. The van der Waals surface area contributed by atoms with Crippen LogP contribution < -0.4 is 0 Å². The molecule has 1 aromatic rings. The number of nitrogens with zero attached hydrogens (tertiary/aromatic N) is 1. The Morgan fingerprint density at radius 2 is 2.50 bits per heavy atom. The average Bonchev–Trinajstić information content (AvgIpc) is 2.55. The fourth-order valence-corrected chi connectivity index (χ4v) is 1.69. The van der Waals surface area contributed by atoms with Gasteiger partial charge in [-0.05, 0) is 6.42 Å². The van der Waals surface area contributed by atoms with Gasteiger partial charge in [0.2, 0.25) is 0 Å². The zero-order chi connectivity index (χ0) is 8.97. The van der Waals surface area contributed by atoms with Crippen LogP contribution in [0.1, 0.15) is 26.0 Å². The lowest BCUT2D eigenvalue weighted by Gasteiger charge is -2.05. The van der Waals surface area contributed by atoms with Crippen molar-refractivity contribution in [2.75, 3.05) is 0 Å². The minimum Gasteiger partial charge on any atom is -0.299 e. The molecule has 0 aliphatic carbocycles. The Morgan fingerprint density at radius 3 is 3.00 bits per heavy atom. The van der Waals surface area contributed by atoms with Crippen LogP contribution in [-0.4, -0.2) is 10.8 Å². The fourth-order valence-electron chi connectivity index (χ4n) is 1.11. The van der Waals surface area contributed by atoms with E-state index in [4.69, 9.17) is 0 Å². The standard InChI is InChI=1S/C9H13NOS/c1-3-9(11)7(2)4-8-5-12-6-10-8/h5-7H,3-4H2,1-2H3/t7-/m0/s1. The molecule has 0 unspecified atom stereocenters. The van der Waals surface area contributed by atoms with Gasteiger partial charge in [-0.15, -0.1) is 11.3 Å². The van der Waals surface area contributed by atoms with E-state index >= 15 is 0 Å². The minimum absolute atomic E-state index is 0.122. The molecule has 1 rings (SSSR count). The first-order valence-corrected chi connectivity index (χ1v) is 5.08. The van der Waals surface area contributed by atoms with Crippen LogP contribution in [0.2, 0.25) is 0 Å². The summed E-state index contributed by atoms with van der Waals surface area (Å²) in [6.07, 6.45) is 1.42. The van der Waals surface area contributed by atoms with Crippen LogP contribution in [-0.2, 0) is 11.2 Å². The van der Waals surface area contributed by atoms with Crippen LogP contribution in [0.5, 0.6) is 0 Å². The number of hydrogen-bond acceptors (Lipinski definition) is 3. The molecule has 0 N–H and O–H groups in total. The van der Waals surface area contributed by atoms with E-state index in [9.17, 15) is 4.79 Å². The van der Waals surface area contributed by atoms with E-state index in [0.717, 1.165) is 12.1 Å². The number of aromatic nitrogens is 1. The maximum atomic E-state index is 11.2. The third kappa shape index (κ3) is 2.41. The highest BCUT2D eigenvalue weighted by molar-refractivity contribution is 7.07. The summed E-state index contributed by atoms with van der Waals surface area (Å²) in [5, 5.41) is 2.00. The zero-order valence-electron chi connectivity index (χ0n) is 7.41. The summed E-state index contributed by atoms with van der Waals surface area (Å²) in [5.41, 5.74) is 2.84. The predicted octanol–water partition coefficient (Wildman–Crippen LogP) is 2.30. The molecule has 3 heteroatoms. The van der Waals surface area contributed by atoms with Gasteiger partial charge in [-0.25, -0.2) is 4.98 Å². The summed E-state index contributed by atoms with van der Waals surface area (Å²) in [6.45, 7) is 3.87. The molecule has 0 amide bonds. The Bertz CT molecular complexity index is 243. The van der Waals surface area contributed by atoms with Crippen LogP contribution >= 0.6 is 11.3 Å². The predicted molar refractivity (Wildman–Crippen MR) is 50.3 cm³/mol. The Labute approximate surface area is 76.6 Å². The lowest BCUT2D eigenvalue weighted by Crippen LogP contribution is -2.12. The van der Waals surface area contributed by atoms with Crippen molar-refractivity contribution in [1.29, 1.82) is 0 Å². The van der Waals surface area contributed by atoms with Crippen LogP contribution in [0.4, 0.5) is 0 Å². The van der Waals surface area contributed by atoms with E-state index in [2.05, 4.69) is 4.98 Å². The maximum Gasteiger partial charge on any atom is 0.135 e. The number of hydrogen-bond donors (Lipinski definition) is 0. The van der Waals surface area contributed by atoms with E-state index in [1.165, 1.54) is 0 Å². The van der Waals surface area contributed by atoms with Gasteiger partial charge in [0, 0.05) is 17.7 Å². The highest BCUT2D eigenvalue weighted by Crippen LogP contribution is 2.10. The van der Waals surface area contributed by atoms with Crippen molar-refractivity contribution in [2.24, 2.45) is 5.92 Å². The van der Waals surface area contributed by atoms with Gasteiger partial charge in [0.15, 0.2) is 0 Å². The van der Waals surface area contributed by atoms with Crippen LogP contribution in [0.25, 0.3) is 0 Å².